The third-order valence-corrected chi connectivity index (χ3v) is 4.15. The molecule has 0 unspecified atom stereocenters. The summed E-state index contributed by atoms with van der Waals surface area (Å²) in [5.41, 5.74) is 7.86. The summed E-state index contributed by atoms with van der Waals surface area (Å²) in [5.74, 6) is 0.285. The second-order valence-corrected chi connectivity index (χ2v) is 5.68. The number of nitrogens with one attached hydrogen (secondary N) is 1. The Kier molecular flexibility index (Phi) is 4.41. The van der Waals surface area contributed by atoms with Crippen molar-refractivity contribution in [1.82, 2.24) is 30.4 Å². The lowest BCUT2D eigenvalue weighted by Crippen LogP contribution is -2.43. The number of carbonyl (C=O) groups excluding carboxylic acids is 2. The Morgan fingerprint density at radius 3 is 2.92 bits per heavy atom. The molecule has 0 aliphatic carbocycles. The Morgan fingerprint density at radius 2 is 2.21 bits per heavy atom. The Labute approximate surface area is 138 Å². The fourth-order valence-electron chi connectivity index (χ4n) is 2.87. The van der Waals surface area contributed by atoms with Gasteiger partial charge in [0.05, 0.1) is 0 Å². The van der Waals surface area contributed by atoms with E-state index in [1.807, 2.05) is 6.07 Å². The SMILES string of the molecule is Cn1nnnc1CCNC(=O)N1CCc2c(cccc2C(N)=O)C1. The molecule has 0 saturated carbocycles. The average Bonchev–Trinajstić information content (AvgIpc) is 2.98. The first-order chi connectivity index (χ1) is 11.6. The van der Waals surface area contributed by atoms with Crippen molar-refractivity contribution in [2.75, 3.05) is 13.1 Å². The van der Waals surface area contributed by atoms with Gasteiger partial charge in [-0.25, -0.2) is 9.48 Å². The smallest absolute Gasteiger partial charge is 0.317 e. The first-order valence-corrected chi connectivity index (χ1v) is 7.71. The Bertz CT molecular complexity index is 771. The van der Waals surface area contributed by atoms with Gasteiger partial charge < -0.3 is 16.0 Å². The number of hydrogen-bond acceptors (Lipinski definition) is 5. The van der Waals surface area contributed by atoms with Crippen LogP contribution >= 0.6 is 0 Å². The second-order valence-electron chi connectivity index (χ2n) is 5.68. The van der Waals surface area contributed by atoms with E-state index in [-0.39, 0.29) is 6.03 Å². The van der Waals surface area contributed by atoms with E-state index in [1.54, 1.807) is 28.8 Å². The molecule has 0 saturated heterocycles. The van der Waals surface area contributed by atoms with Crippen LogP contribution in [0.1, 0.15) is 27.3 Å². The minimum atomic E-state index is -0.429. The number of nitrogens with zero attached hydrogens (tertiary/aromatic N) is 5. The normalized spacial score (nSPS) is 13.5. The molecule has 2 heterocycles. The fourth-order valence-corrected chi connectivity index (χ4v) is 2.87. The Hall–Kier alpha value is -2.97. The fraction of sp³-hybridized carbons (Fsp3) is 0.400. The van der Waals surface area contributed by atoms with Gasteiger partial charge in [0.2, 0.25) is 5.91 Å². The van der Waals surface area contributed by atoms with Crippen LogP contribution in [-0.2, 0) is 26.4 Å². The highest BCUT2D eigenvalue weighted by molar-refractivity contribution is 5.94. The van der Waals surface area contributed by atoms with Gasteiger partial charge in [-0.05, 0) is 34.0 Å². The molecule has 3 amide bonds. The summed E-state index contributed by atoms with van der Waals surface area (Å²) in [6, 6.07) is 5.31. The van der Waals surface area contributed by atoms with E-state index < -0.39 is 5.91 Å². The van der Waals surface area contributed by atoms with Crippen LogP contribution in [0.4, 0.5) is 4.79 Å². The summed E-state index contributed by atoms with van der Waals surface area (Å²) in [6.45, 7) is 1.47. The highest BCUT2D eigenvalue weighted by Crippen LogP contribution is 2.22. The number of aryl methyl sites for hydroxylation is 1. The molecule has 24 heavy (non-hydrogen) atoms. The second kappa shape index (κ2) is 6.65. The third kappa shape index (κ3) is 3.19. The topological polar surface area (TPSA) is 119 Å². The van der Waals surface area contributed by atoms with Gasteiger partial charge in [-0.15, -0.1) is 5.10 Å². The van der Waals surface area contributed by atoms with E-state index in [2.05, 4.69) is 20.8 Å². The van der Waals surface area contributed by atoms with Crippen molar-refractivity contribution in [1.29, 1.82) is 0 Å². The predicted octanol–water partition coefficient (Wildman–Crippen LogP) is -0.381. The highest BCUT2D eigenvalue weighted by atomic mass is 16.2. The van der Waals surface area contributed by atoms with Crippen LogP contribution in [0.5, 0.6) is 0 Å². The summed E-state index contributed by atoms with van der Waals surface area (Å²) in [7, 11) is 1.76. The van der Waals surface area contributed by atoms with Crippen molar-refractivity contribution < 1.29 is 9.59 Å². The number of amides is 3. The summed E-state index contributed by atoms with van der Waals surface area (Å²) in [6.07, 6.45) is 1.18. The molecule has 1 aliphatic heterocycles. The van der Waals surface area contributed by atoms with Crippen molar-refractivity contribution in [3.05, 3.63) is 40.7 Å². The largest absolute Gasteiger partial charge is 0.366 e. The van der Waals surface area contributed by atoms with Gasteiger partial charge >= 0.3 is 6.03 Å². The maximum atomic E-state index is 12.3. The van der Waals surface area contributed by atoms with Crippen LogP contribution in [0.2, 0.25) is 0 Å². The van der Waals surface area contributed by atoms with Crippen molar-refractivity contribution >= 4 is 11.9 Å². The molecular weight excluding hydrogens is 310 g/mol. The van der Waals surface area contributed by atoms with Crippen molar-refractivity contribution in [2.45, 2.75) is 19.4 Å². The molecule has 0 atom stereocenters. The van der Waals surface area contributed by atoms with E-state index in [4.69, 9.17) is 5.73 Å². The zero-order valence-electron chi connectivity index (χ0n) is 13.4. The maximum Gasteiger partial charge on any atom is 0.317 e. The van der Waals surface area contributed by atoms with Gasteiger partial charge in [0, 0.05) is 38.7 Å². The van der Waals surface area contributed by atoms with E-state index in [0.29, 0.717) is 43.9 Å². The number of benzene rings is 1. The molecule has 0 fully saturated rings. The first-order valence-electron chi connectivity index (χ1n) is 7.71. The van der Waals surface area contributed by atoms with Crippen molar-refractivity contribution in [2.24, 2.45) is 12.8 Å². The summed E-state index contributed by atoms with van der Waals surface area (Å²) < 4.78 is 1.58. The standard InChI is InChI=1S/C15H19N7O2/c1-21-13(18-19-20-21)5-7-17-15(24)22-8-6-11-10(9-22)3-2-4-12(11)14(16)23/h2-4H,5-9H2,1H3,(H2,16,23)(H,17,24). The molecule has 9 heteroatoms. The zero-order chi connectivity index (χ0) is 17.1. The molecule has 1 aromatic carbocycles. The summed E-state index contributed by atoms with van der Waals surface area (Å²) in [5, 5.41) is 14.1. The van der Waals surface area contributed by atoms with Gasteiger partial charge in [-0.2, -0.15) is 0 Å². The maximum absolute atomic E-state index is 12.3. The molecule has 3 N–H and O–H groups in total. The van der Waals surface area contributed by atoms with E-state index in [9.17, 15) is 9.59 Å². The molecule has 0 radical (unpaired) electrons. The first kappa shape index (κ1) is 15.9. The summed E-state index contributed by atoms with van der Waals surface area (Å²) >= 11 is 0. The van der Waals surface area contributed by atoms with Crippen LogP contribution < -0.4 is 11.1 Å². The number of nitrogens with two attached hydrogens (primary N) is 1. The number of carbonyl (C=O) groups is 2. The number of aromatic nitrogens is 4. The number of rotatable bonds is 4. The van der Waals surface area contributed by atoms with Crippen LogP contribution in [0.25, 0.3) is 0 Å². The van der Waals surface area contributed by atoms with Gasteiger partial charge in [0.25, 0.3) is 0 Å². The van der Waals surface area contributed by atoms with Gasteiger partial charge in [0.15, 0.2) is 5.82 Å². The molecule has 1 aromatic heterocycles. The molecule has 9 nitrogen and oxygen atoms in total. The number of tetrazole rings is 1. The van der Waals surface area contributed by atoms with E-state index in [0.717, 1.165) is 11.1 Å². The molecule has 0 bridgehead atoms. The average molecular weight is 329 g/mol. The van der Waals surface area contributed by atoms with E-state index >= 15 is 0 Å². The lowest BCUT2D eigenvalue weighted by atomic mass is 9.94. The molecule has 2 aromatic rings. The van der Waals surface area contributed by atoms with Gasteiger partial charge in [-0.3, -0.25) is 4.79 Å². The highest BCUT2D eigenvalue weighted by Gasteiger charge is 2.23. The van der Waals surface area contributed by atoms with Crippen LogP contribution in [-0.4, -0.2) is 50.1 Å². The minimum absolute atomic E-state index is 0.139. The van der Waals surface area contributed by atoms with Crippen molar-refractivity contribution in [3.8, 4) is 0 Å². The molecule has 3 rings (SSSR count). The molecular formula is C15H19N7O2. The Balaban J connectivity index is 1.59. The van der Waals surface area contributed by atoms with Crippen LogP contribution in [0, 0.1) is 0 Å². The number of hydrogen-bond donors (Lipinski definition) is 2. The van der Waals surface area contributed by atoms with Gasteiger partial charge in [0.1, 0.15) is 0 Å². The Morgan fingerprint density at radius 1 is 1.38 bits per heavy atom. The molecule has 1 aliphatic rings. The number of urea groups is 1. The van der Waals surface area contributed by atoms with E-state index in [1.165, 1.54) is 0 Å². The number of primary amides is 1. The lowest BCUT2D eigenvalue weighted by molar-refractivity contribution is 0.0999. The predicted molar refractivity (Wildman–Crippen MR) is 85.0 cm³/mol. The van der Waals surface area contributed by atoms with Crippen molar-refractivity contribution in [3.63, 3.8) is 0 Å². The van der Waals surface area contributed by atoms with Gasteiger partial charge in [-0.1, -0.05) is 12.1 Å². The quantitative estimate of drug-likeness (QED) is 0.792. The number of fused-ring (bicyclic) bond motifs is 1. The molecule has 126 valence electrons. The third-order valence-electron chi connectivity index (χ3n) is 4.15. The lowest BCUT2D eigenvalue weighted by Gasteiger charge is -2.29. The minimum Gasteiger partial charge on any atom is -0.366 e. The van der Waals surface area contributed by atoms with Crippen LogP contribution in [0.15, 0.2) is 18.2 Å². The monoisotopic (exact) mass is 329 g/mol. The van der Waals surface area contributed by atoms with Crippen LogP contribution in [0.3, 0.4) is 0 Å². The molecule has 0 spiro atoms. The zero-order valence-corrected chi connectivity index (χ0v) is 13.4. The summed E-state index contributed by atoms with van der Waals surface area (Å²) in [4.78, 5) is 25.5.